The lowest BCUT2D eigenvalue weighted by Gasteiger charge is -2.16. The van der Waals surface area contributed by atoms with Gasteiger partial charge in [-0.25, -0.2) is 0 Å². The molecule has 17 heavy (non-hydrogen) atoms. The fraction of sp³-hybridized carbons (Fsp3) is 0.538. The van der Waals surface area contributed by atoms with Crippen LogP contribution in [0.3, 0.4) is 0 Å². The molecular weight excluding hydrogens is 282 g/mol. The zero-order valence-corrected chi connectivity index (χ0v) is 11.6. The van der Waals surface area contributed by atoms with E-state index in [1.165, 1.54) is 0 Å². The fourth-order valence-electron chi connectivity index (χ4n) is 1.97. The summed E-state index contributed by atoms with van der Waals surface area (Å²) in [7, 11) is 0. The molecule has 2 atom stereocenters. The van der Waals surface area contributed by atoms with E-state index in [1.54, 1.807) is 0 Å². The van der Waals surface area contributed by atoms with Gasteiger partial charge in [-0.15, -0.1) is 0 Å². The topological polar surface area (TPSA) is 44.5 Å². The summed E-state index contributed by atoms with van der Waals surface area (Å²) in [6.45, 7) is 3.42. The molecule has 0 amide bonds. The van der Waals surface area contributed by atoms with E-state index in [0.29, 0.717) is 6.61 Å². The van der Waals surface area contributed by atoms with Crippen LogP contribution in [-0.4, -0.2) is 19.3 Å². The fourth-order valence-corrected chi connectivity index (χ4v) is 2.31. The van der Waals surface area contributed by atoms with Crippen molar-refractivity contribution >= 4 is 15.9 Å². The van der Waals surface area contributed by atoms with Gasteiger partial charge in [-0.05, 0) is 31.9 Å². The van der Waals surface area contributed by atoms with Gasteiger partial charge < -0.3 is 15.2 Å². The largest absolute Gasteiger partial charge is 0.490 e. The van der Waals surface area contributed by atoms with Gasteiger partial charge in [0, 0.05) is 22.7 Å². The highest BCUT2D eigenvalue weighted by molar-refractivity contribution is 9.10. The second-order valence-electron chi connectivity index (χ2n) is 4.42. The first-order valence-corrected chi connectivity index (χ1v) is 6.75. The maximum Gasteiger partial charge on any atom is 0.125 e. The Morgan fingerprint density at radius 1 is 1.59 bits per heavy atom. The molecule has 0 bridgehead atoms. The van der Waals surface area contributed by atoms with E-state index in [2.05, 4.69) is 15.9 Å². The first kappa shape index (κ1) is 12.9. The molecule has 1 aliphatic rings. The third-order valence-electron chi connectivity index (χ3n) is 2.91. The highest BCUT2D eigenvalue weighted by Gasteiger charge is 2.17. The molecule has 1 heterocycles. The Morgan fingerprint density at radius 2 is 2.41 bits per heavy atom. The Hall–Kier alpha value is -0.580. The summed E-state index contributed by atoms with van der Waals surface area (Å²) in [6.07, 6.45) is 2.45. The number of rotatable bonds is 4. The van der Waals surface area contributed by atoms with Gasteiger partial charge in [-0.2, -0.15) is 0 Å². The van der Waals surface area contributed by atoms with Crippen molar-refractivity contribution in [1.29, 1.82) is 0 Å². The molecular formula is C13H18BrNO2. The summed E-state index contributed by atoms with van der Waals surface area (Å²) in [5.41, 5.74) is 6.96. The Labute approximate surface area is 110 Å². The Morgan fingerprint density at radius 3 is 3.06 bits per heavy atom. The Bertz CT molecular complexity index is 376. The lowest BCUT2D eigenvalue weighted by molar-refractivity contribution is 0.0675. The third kappa shape index (κ3) is 3.44. The first-order valence-electron chi connectivity index (χ1n) is 5.96. The normalized spacial score (nSPS) is 21.5. The molecule has 1 aliphatic heterocycles. The minimum Gasteiger partial charge on any atom is -0.490 e. The molecule has 1 fully saturated rings. The second-order valence-corrected chi connectivity index (χ2v) is 5.33. The van der Waals surface area contributed by atoms with E-state index in [-0.39, 0.29) is 12.1 Å². The van der Waals surface area contributed by atoms with Gasteiger partial charge in [0.05, 0.1) is 6.10 Å². The quantitative estimate of drug-likeness (QED) is 0.929. The van der Waals surface area contributed by atoms with Crippen LogP contribution >= 0.6 is 15.9 Å². The lowest BCUT2D eigenvalue weighted by Crippen LogP contribution is -2.18. The summed E-state index contributed by atoms with van der Waals surface area (Å²) < 4.78 is 12.4. The first-order chi connectivity index (χ1) is 8.16. The SMILES string of the molecule is CC(N)c1ccc(Br)cc1OCC1CCCO1. The number of benzene rings is 1. The van der Waals surface area contributed by atoms with Crippen LogP contribution in [0, 0.1) is 0 Å². The molecule has 2 rings (SSSR count). The average Bonchev–Trinajstić information content (AvgIpc) is 2.78. The van der Waals surface area contributed by atoms with Crippen LogP contribution in [0.5, 0.6) is 5.75 Å². The molecule has 1 aromatic carbocycles. The Balaban J connectivity index is 2.04. The number of hydrogen-bond acceptors (Lipinski definition) is 3. The lowest BCUT2D eigenvalue weighted by atomic mass is 10.1. The summed E-state index contributed by atoms with van der Waals surface area (Å²) in [6, 6.07) is 5.92. The van der Waals surface area contributed by atoms with Crippen LogP contribution in [0.15, 0.2) is 22.7 Å². The van der Waals surface area contributed by atoms with E-state index < -0.39 is 0 Å². The zero-order valence-electron chi connectivity index (χ0n) is 9.99. The van der Waals surface area contributed by atoms with Crippen molar-refractivity contribution in [3.63, 3.8) is 0 Å². The van der Waals surface area contributed by atoms with Gasteiger partial charge in [0.2, 0.25) is 0 Å². The van der Waals surface area contributed by atoms with E-state index in [1.807, 2.05) is 25.1 Å². The standard InChI is InChI=1S/C13H18BrNO2/c1-9(15)12-5-4-10(14)7-13(12)17-8-11-3-2-6-16-11/h4-5,7,9,11H,2-3,6,8,15H2,1H3. The molecule has 1 aromatic rings. The van der Waals surface area contributed by atoms with Gasteiger partial charge in [0.15, 0.2) is 0 Å². The minimum absolute atomic E-state index is 0.0254. The predicted molar refractivity (Wildman–Crippen MR) is 71.2 cm³/mol. The van der Waals surface area contributed by atoms with Crippen molar-refractivity contribution in [3.8, 4) is 5.75 Å². The molecule has 2 N–H and O–H groups in total. The van der Waals surface area contributed by atoms with E-state index in [9.17, 15) is 0 Å². The molecule has 4 heteroatoms. The van der Waals surface area contributed by atoms with Crippen molar-refractivity contribution in [2.45, 2.75) is 31.9 Å². The highest BCUT2D eigenvalue weighted by Crippen LogP contribution is 2.28. The molecule has 2 unspecified atom stereocenters. The monoisotopic (exact) mass is 299 g/mol. The van der Waals surface area contributed by atoms with Crippen molar-refractivity contribution in [1.82, 2.24) is 0 Å². The maximum atomic E-state index is 5.92. The number of hydrogen-bond donors (Lipinski definition) is 1. The number of ether oxygens (including phenoxy) is 2. The van der Waals surface area contributed by atoms with Gasteiger partial charge in [0.1, 0.15) is 12.4 Å². The second kappa shape index (κ2) is 5.85. The molecule has 1 saturated heterocycles. The minimum atomic E-state index is -0.0254. The highest BCUT2D eigenvalue weighted by atomic mass is 79.9. The zero-order chi connectivity index (χ0) is 12.3. The van der Waals surface area contributed by atoms with Crippen molar-refractivity contribution in [3.05, 3.63) is 28.2 Å². The summed E-state index contributed by atoms with van der Waals surface area (Å²) in [5, 5.41) is 0. The van der Waals surface area contributed by atoms with Crippen LogP contribution in [0.2, 0.25) is 0 Å². The maximum absolute atomic E-state index is 5.92. The van der Waals surface area contributed by atoms with Crippen molar-refractivity contribution < 1.29 is 9.47 Å². The number of halogens is 1. The van der Waals surface area contributed by atoms with Gasteiger partial charge in [-0.3, -0.25) is 0 Å². The summed E-state index contributed by atoms with van der Waals surface area (Å²) >= 11 is 3.45. The average molecular weight is 300 g/mol. The van der Waals surface area contributed by atoms with Crippen LogP contribution in [-0.2, 0) is 4.74 Å². The molecule has 0 aliphatic carbocycles. The molecule has 0 radical (unpaired) electrons. The smallest absolute Gasteiger partial charge is 0.125 e. The van der Waals surface area contributed by atoms with Gasteiger partial charge in [-0.1, -0.05) is 22.0 Å². The molecule has 94 valence electrons. The van der Waals surface area contributed by atoms with Crippen molar-refractivity contribution in [2.24, 2.45) is 5.73 Å². The van der Waals surface area contributed by atoms with Gasteiger partial charge in [0.25, 0.3) is 0 Å². The third-order valence-corrected chi connectivity index (χ3v) is 3.41. The molecule has 0 saturated carbocycles. The van der Waals surface area contributed by atoms with Crippen LogP contribution in [0.1, 0.15) is 31.4 Å². The van der Waals surface area contributed by atoms with Crippen molar-refractivity contribution in [2.75, 3.05) is 13.2 Å². The molecule has 0 aromatic heterocycles. The number of nitrogens with two attached hydrogens (primary N) is 1. The van der Waals surface area contributed by atoms with E-state index in [4.69, 9.17) is 15.2 Å². The summed E-state index contributed by atoms with van der Waals surface area (Å²) in [5.74, 6) is 0.852. The van der Waals surface area contributed by atoms with Crippen LogP contribution in [0.25, 0.3) is 0 Å². The molecule has 0 spiro atoms. The van der Waals surface area contributed by atoms with Crippen LogP contribution in [0.4, 0.5) is 0 Å². The van der Waals surface area contributed by atoms with Gasteiger partial charge >= 0.3 is 0 Å². The predicted octanol–water partition coefficient (Wildman–Crippen LogP) is 3.03. The van der Waals surface area contributed by atoms with E-state index in [0.717, 1.165) is 35.2 Å². The molecule has 3 nitrogen and oxygen atoms in total. The summed E-state index contributed by atoms with van der Waals surface area (Å²) in [4.78, 5) is 0. The van der Waals surface area contributed by atoms with E-state index >= 15 is 0 Å². The van der Waals surface area contributed by atoms with Crippen LogP contribution < -0.4 is 10.5 Å². The Kier molecular flexibility index (Phi) is 4.42.